The van der Waals surface area contributed by atoms with E-state index in [9.17, 15) is 0 Å². The normalized spacial score (nSPS) is 9.56. The summed E-state index contributed by atoms with van der Waals surface area (Å²) in [5.41, 5.74) is 5.25. The van der Waals surface area contributed by atoms with Gasteiger partial charge in [0.1, 0.15) is 0 Å². The molecule has 0 unspecified atom stereocenters. The molecule has 0 atom stereocenters. The predicted octanol–water partition coefficient (Wildman–Crippen LogP) is 0.677. The van der Waals surface area contributed by atoms with Crippen LogP contribution in [0.5, 0.6) is 0 Å². The lowest BCUT2D eigenvalue weighted by Gasteiger charge is -1.99. The second-order valence-corrected chi connectivity index (χ2v) is 2.37. The van der Waals surface area contributed by atoms with Crippen LogP contribution in [0.1, 0.15) is 6.42 Å². The summed E-state index contributed by atoms with van der Waals surface area (Å²) in [5, 5.41) is 3.72. The largest absolute Gasteiger partial charge is 0.330 e. The fourth-order valence-corrected chi connectivity index (χ4v) is 0.546. The van der Waals surface area contributed by atoms with Crippen LogP contribution in [0.2, 0.25) is 0 Å². The van der Waals surface area contributed by atoms with E-state index < -0.39 is 0 Å². The Balaban J connectivity index is 2.83. The maximum Gasteiger partial charge on any atom is 0.0307 e. The van der Waals surface area contributed by atoms with Crippen molar-refractivity contribution in [3.05, 3.63) is 11.6 Å². The van der Waals surface area contributed by atoms with Crippen molar-refractivity contribution in [3.63, 3.8) is 0 Å². The van der Waals surface area contributed by atoms with E-state index in [1.54, 1.807) is 0 Å². The first-order valence-corrected chi connectivity index (χ1v) is 3.39. The molecule has 0 aliphatic rings. The molecule has 0 aliphatic heterocycles. The number of nitrogens with one attached hydrogen (secondary N) is 1. The molecule has 2 nitrogen and oxygen atoms in total. The van der Waals surface area contributed by atoms with Crippen LogP contribution in [0.25, 0.3) is 0 Å². The maximum absolute atomic E-state index is 5.47. The first-order valence-electron chi connectivity index (χ1n) is 3.01. The highest BCUT2D eigenvalue weighted by Crippen LogP contribution is 1.91. The molecule has 0 aromatic carbocycles. The van der Waals surface area contributed by atoms with E-state index in [0.717, 1.165) is 19.5 Å². The van der Waals surface area contributed by atoms with Crippen molar-refractivity contribution in [1.29, 1.82) is 0 Å². The number of hydrogen-bond donors (Lipinski definition) is 2. The van der Waals surface area contributed by atoms with E-state index in [4.69, 9.17) is 17.3 Å². The van der Waals surface area contributed by atoms with E-state index in [1.807, 2.05) is 0 Å². The van der Waals surface area contributed by atoms with Crippen molar-refractivity contribution in [2.24, 2.45) is 5.73 Å². The van der Waals surface area contributed by atoms with Crippen LogP contribution in [-0.2, 0) is 0 Å². The Morgan fingerprint density at radius 1 is 1.67 bits per heavy atom. The molecule has 0 aromatic rings. The van der Waals surface area contributed by atoms with Crippen LogP contribution in [-0.4, -0.2) is 19.6 Å². The first kappa shape index (κ1) is 8.95. The summed E-state index contributed by atoms with van der Waals surface area (Å²) in [4.78, 5) is 0. The molecule has 0 heterocycles. The molecule has 0 radical (unpaired) electrons. The van der Waals surface area contributed by atoms with Crippen LogP contribution < -0.4 is 11.1 Å². The minimum atomic E-state index is 0.645. The van der Waals surface area contributed by atoms with Gasteiger partial charge in [0.15, 0.2) is 0 Å². The topological polar surface area (TPSA) is 38.0 Å². The molecular weight excluding hydrogens is 136 g/mol. The van der Waals surface area contributed by atoms with Crippen molar-refractivity contribution in [2.45, 2.75) is 6.42 Å². The van der Waals surface area contributed by atoms with Crippen LogP contribution in [0, 0.1) is 0 Å². The van der Waals surface area contributed by atoms with Crippen molar-refractivity contribution in [1.82, 2.24) is 5.32 Å². The molecule has 9 heavy (non-hydrogen) atoms. The lowest BCUT2D eigenvalue weighted by atomic mass is 10.4. The Bertz CT molecular complexity index is 83.1. The lowest BCUT2D eigenvalue weighted by molar-refractivity contribution is 0.697. The number of rotatable bonds is 5. The quantitative estimate of drug-likeness (QED) is 0.563. The molecule has 0 aromatic heterocycles. The maximum atomic E-state index is 5.47. The van der Waals surface area contributed by atoms with Crippen molar-refractivity contribution in [3.8, 4) is 0 Å². The van der Waals surface area contributed by atoms with Gasteiger partial charge in [-0.1, -0.05) is 18.2 Å². The molecule has 3 N–H and O–H groups in total. The van der Waals surface area contributed by atoms with Gasteiger partial charge >= 0.3 is 0 Å². The summed E-state index contributed by atoms with van der Waals surface area (Å²) in [6.07, 6.45) is 0.990. The average Bonchev–Trinajstić information content (AvgIpc) is 1.80. The highest BCUT2D eigenvalue weighted by Gasteiger charge is 1.85. The molecule has 0 bridgehead atoms. The van der Waals surface area contributed by atoms with Crippen molar-refractivity contribution < 1.29 is 0 Å². The Labute approximate surface area is 61.1 Å². The summed E-state index contributed by atoms with van der Waals surface area (Å²) >= 11 is 5.47. The fourth-order valence-electron chi connectivity index (χ4n) is 0.451. The standard InChI is InChI=1S/C6H13ClN2/c1-6(7)5-9-4-2-3-8/h9H,1-5,8H2. The van der Waals surface area contributed by atoms with Gasteiger partial charge in [0.25, 0.3) is 0 Å². The number of hydrogen-bond acceptors (Lipinski definition) is 2. The highest BCUT2D eigenvalue weighted by molar-refractivity contribution is 6.29. The summed E-state index contributed by atoms with van der Waals surface area (Å²) in [7, 11) is 0. The number of halogens is 1. The van der Waals surface area contributed by atoms with E-state index in [0.29, 0.717) is 11.6 Å². The molecule has 0 saturated heterocycles. The van der Waals surface area contributed by atoms with Gasteiger partial charge in [-0.2, -0.15) is 0 Å². The summed E-state index contributed by atoms with van der Waals surface area (Å²) in [5.74, 6) is 0. The lowest BCUT2D eigenvalue weighted by Crippen LogP contribution is -2.19. The smallest absolute Gasteiger partial charge is 0.0307 e. The van der Waals surface area contributed by atoms with Gasteiger partial charge in [-0.25, -0.2) is 0 Å². The van der Waals surface area contributed by atoms with Crippen molar-refractivity contribution in [2.75, 3.05) is 19.6 Å². The SMILES string of the molecule is C=C(Cl)CNCCCN. The number of nitrogens with two attached hydrogens (primary N) is 1. The average molecular weight is 149 g/mol. The van der Waals surface area contributed by atoms with Gasteiger partial charge in [-0.05, 0) is 19.5 Å². The third-order valence-electron chi connectivity index (χ3n) is 0.874. The molecule has 0 saturated carbocycles. The third-order valence-corrected chi connectivity index (χ3v) is 1.01. The Morgan fingerprint density at radius 2 is 2.33 bits per heavy atom. The van der Waals surface area contributed by atoms with Crippen LogP contribution in [0.4, 0.5) is 0 Å². The zero-order chi connectivity index (χ0) is 7.11. The Morgan fingerprint density at radius 3 is 2.78 bits per heavy atom. The summed E-state index contributed by atoms with van der Waals surface area (Å²) < 4.78 is 0. The minimum absolute atomic E-state index is 0.645. The molecule has 0 amide bonds. The van der Waals surface area contributed by atoms with Gasteiger partial charge in [0.05, 0.1) is 0 Å². The molecule has 54 valence electrons. The van der Waals surface area contributed by atoms with Gasteiger partial charge < -0.3 is 11.1 Å². The van der Waals surface area contributed by atoms with Crippen molar-refractivity contribution >= 4 is 11.6 Å². The van der Waals surface area contributed by atoms with E-state index in [1.165, 1.54) is 0 Å². The van der Waals surface area contributed by atoms with Gasteiger partial charge in [0.2, 0.25) is 0 Å². The molecule has 0 spiro atoms. The second kappa shape index (κ2) is 6.08. The highest BCUT2D eigenvalue weighted by atomic mass is 35.5. The van der Waals surface area contributed by atoms with Crippen LogP contribution in [0.15, 0.2) is 11.6 Å². The third kappa shape index (κ3) is 7.95. The summed E-state index contributed by atoms with van der Waals surface area (Å²) in [6, 6.07) is 0. The molecule has 0 aliphatic carbocycles. The minimum Gasteiger partial charge on any atom is -0.330 e. The van der Waals surface area contributed by atoms with Crippen LogP contribution >= 0.6 is 11.6 Å². The first-order chi connectivity index (χ1) is 4.27. The predicted molar refractivity (Wildman–Crippen MR) is 41.5 cm³/mol. The van der Waals surface area contributed by atoms with E-state index in [-0.39, 0.29) is 0 Å². The fraction of sp³-hybridized carbons (Fsp3) is 0.667. The summed E-state index contributed by atoms with van der Waals surface area (Å²) in [6.45, 7) is 5.85. The Hall–Kier alpha value is -0.0500. The van der Waals surface area contributed by atoms with Gasteiger partial charge in [0, 0.05) is 11.6 Å². The van der Waals surface area contributed by atoms with Gasteiger partial charge in [-0.15, -0.1) is 0 Å². The zero-order valence-electron chi connectivity index (χ0n) is 5.49. The second-order valence-electron chi connectivity index (χ2n) is 1.84. The molecule has 0 rings (SSSR count). The van der Waals surface area contributed by atoms with E-state index in [2.05, 4.69) is 11.9 Å². The van der Waals surface area contributed by atoms with E-state index >= 15 is 0 Å². The molecular formula is C6H13ClN2. The van der Waals surface area contributed by atoms with Gasteiger partial charge in [-0.3, -0.25) is 0 Å². The Kier molecular flexibility index (Phi) is 6.04. The monoisotopic (exact) mass is 148 g/mol. The molecule has 3 heteroatoms. The van der Waals surface area contributed by atoms with Crippen LogP contribution in [0.3, 0.4) is 0 Å². The molecule has 0 fully saturated rings. The zero-order valence-corrected chi connectivity index (χ0v) is 6.25.